The molecule has 1 saturated carbocycles. The molecule has 108 valence electrons. The average Bonchev–Trinajstić information content (AvgIpc) is 2.80. The van der Waals surface area contributed by atoms with Gasteiger partial charge in [0, 0.05) is 17.8 Å². The lowest BCUT2D eigenvalue weighted by Gasteiger charge is -2.33. The standard InChI is InChI=1S/C16H28N2S/c1-4-8-17-16(10-15-11-19-13(3)18-15)14-7-5-6-12(2)9-14/h11-12,14,16-17H,4-10H2,1-3H3. The first kappa shape index (κ1) is 15.0. The molecule has 0 bridgehead atoms. The molecule has 1 fully saturated rings. The van der Waals surface area contributed by atoms with Gasteiger partial charge in [-0.2, -0.15) is 0 Å². The zero-order valence-electron chi connectivity index (χ0n) is 12.6. The topological polar surface area (TPSA) is 24.9 Å². The van der Waals surface area contributed by atoms with Gasteiger partial charge in [-0.1, -0.05) is 26.7 Å². The van der Waals surface area contributed by atoms with Crippen molar-refractivity contribution in [2.75, 3.05) is 6.54 Å². The fourth-order valence-electron chi connectivity index (χ4n) is 3.31. The van der Waals surface area contributed by atoms with Gasteiger partial charge in [-0.15, -0.1) is 11.3 Å². The molecule has 19 heavy (non-hydrogen) atoms. The fraction of sp³-hybridized carbons (Fsp3) is 0.812. The smallest absolute Gasteiger partial charge is 0.0897 e. The van der Waals surface area contributed by atoms with Crippen molar-refractivity contribution in [3.8, 4) is 0 Å². The Labute approximate surface area is 122 Å². The van der Waals surface area contributed by atoms with Gasteiger partial charge in [0.25, 0.3) is 0 Å². The Balaban J connectivity index is 1.97. The lowest BCUT2D eigenvalue weighted by Crippen LogP contribution is -2.40. The van der Waals surface area contributed by atoms with Gasteiger partial charge in [0.1, 0.15) is 0 Å². The Morgan fingerprint density at radius 3 is 2.95 bits per heavy atom. The van der Waals surface area contributed by atoms with Crippen LogP contribution in [0.25, 0.3) is 0 Å². The maximum Gasteiger partial charge on any atom is 0.0897 e. The van der Waals surface area contributed by atoms with Crippen molar-refractivity contribution < 1.29 is 0 Å². The van der Waals surface area contributed by atoms with Crippen molar-refractivity contribution in [3.63, 3.8) is 0 Å². The minimum absolute atomic E-state index is 0.629. The highest BCUT2D eigenvalue weighted by molar-refractivity contribution is 7.09. The van der Waals surface area contributed by atoms with Crippen LogP contribution < -0.4 is 5.32 Å². The quantitative estimate of drug-likeness (QED) is 0.845. The molecule has 0 amide bonds. The minimum Gasteiger partial charge on any atom is -0.313 e. The van der Waals surface area contributed by atoms with E-state index in [-0.39, 0.29) is 0 Å². The monoisotopic (exact) mass is 280 g/mol. The van der Waals surface area contributed by atoms with Gasteiger partial charge >= 0.3 is 0 Å². The van der Waals surface area contributed by atoms with Gasteiger partial charge in [0.05, 0.1) is 10.7 Å². The predicted octanol–water partition coefficient (Wildman–Crippen LogP) is 4.19. The minimum atomic E-state index is 0.629. The molecule has 1 aliphatic carbocycles. The van der Waals surface area contributed by atoms with Crippen LogP contribution in [0.2, 0.25) is 0 Å². The van der Waals surface area contributed by atoms with E-state index in [4.69, 9.17) is 0 Å². The molecule has 1 aromatic heterocycles. The molecular formula is C16H28N2S. The zero-order valence-corrected chi connectivity index (χ0v) is 13.4. The number of nitrogens with zero attached hydrogens (tertiary/aromatic N) is 1. The summed E-state index contributed by atoms with van der Waals surface area (Å²) in [5.74, 6) is 1.75. The number of aromatic nitrogens is 1. The number of thiazole rings is 1. The third kappa shape index (κ3) is 4.57. The molecule has 3 atom stereocenters. The molecule has 2 rings (SSSR count). The van der Waals surface area contributed by atoms with Crippen molar-refractivity contribution in [3.05, 3.63) is 16.1 Å². The molecule has 0 aromatic carbocycles. The molecule has 0 aliphatic heterocycles. The lowest BCUT2D eigenvalue weighted by molar-refractivity contribution is 0.220. The second-order valence-corrected chi connectivity index (χ2v) is 7.22. The Hall–Kier alpha value is -0.410. The van der Waals surface area contributed by atoms with Crippen LogP contribution in [0.4, 0.5) is 0 Å². The predicted molar refractivity (Wildman–Crippen MR) is 83.8 cm³/mol. The van der Waals surface area contributed by atoms with E-state index < -0.39 is 0 Å². The van der Waals surface area contributed by atoms with E-state index in [0.29, 0.717) is 6.04 Å². The summed E-state index contributed by atoms with van der Waals surface area (Å²) in [5.41, 5.74) is 1.29. The summed E-state index contributed by atoms with van der Waals surface area (Å²) < 4.78 is 0. The largest absolute Gasteiger partial charge is 0.313 e. The molecule has 1 heterocycles. The van der Waals surface area contributed by atoms with Crippen LogP contribution in [-0.2, 0) is 6.42 Å². The Morgan fingerprint density at radius 2 is 2.32 bits per heavy atom. The SMILES string of the molecule is CCCNC(Cc1csc(C)n1)C1CCCC(C)C1. The summed E-state index contributed by atoms with van der Waals surface area (Å²) in [6, 6.07) is 0.629. The molecule has 0 saturated heterocycles. The summed E-state index contributed by atoms with van der Waals surface area (Å²) in [5, 5.41) is 7.22. The first-order valence-electron chi connectivity index (χ1n) is 7.83. The Morgan fingerprint density at radius 1 is 1.47 bits per heavy atom. The molecule has 1 aromatic rings. The third-order valence-electron chi connectivity index (χ3n) is 4.30. The van der Waals surface area contributed by atoms with E-state index in [9.17, 15) is 0 Å². The van der Waals surface area contributed by atoms with Crippen LogP contribution in [0.5, 0.6) is 0 Å². The number of hydrogen-bond acceptors (Lipinski definition) is 3. The first-order valence-corrected chi connectivity index (χ1v) is 8.71. The van der Waals surface area contributed by atoms with E-state index in [2.05, 4.69) is 36.5 Å². The molecule has 3 unspecified atom stereocenters. The lowest BCUT2D eigenvalue weighted by atomic mass is 9.77. The van der Waals surface area contributed by atoms with Crippen LogP contribution in [0.3, 0.4) is 0 Å². The molecule has 2 nitrogen and oxygen atoms in total. The second-order valence-electron chi connectivity index (χ2n) is 6.15. The van der Waals surface area contributed by atoms with Crippen LogP contribution in [0, 0.1) is 18.8 Å². The van der Waals surface area contributed by atoms with Crippen LogP contribution >= 0.6 is 11.3 Å². The van der Waals surface area contributed by atoms with Gasteiger partial charge in [-0.3, -0.25) is 0 Å². The fourth-order valence-corrected chi connectivity index (χ4v) is 3.93. The molecule has 0 spiro atoms. The number of nitrogens with one attached hydrogen (secondary N) is 1. The van der Waals surface area contributed by atoms with Gasteiger partial charge in [-0.25, -0.2) is 4.98 Å². The molecular weight excluding hydrogens is 252 g/mol. The summed E-state index contributed by atoms with van der Waals surface area (Å²) in [6.45, 7) is 7.90. The highest BCUT2D eigenvalue weighted by Crippen LogP contribution is 2.32. The summed E-state index contributed by atoms with van der Waals surface area (Å²) in [4.78, 5) is 4.65. The Bertz CT molecular complexity index is 375. The second kappa shape index (κ2) is 7.39. The first-order chi connectivity index (χ1) is 9.19. The van der Waals surface area contributed by atoms with E-state index >= 15 is 0 Å². The molecule has 3 heteroatoms. The summed E-state index contributed by atoms with van der Waals surface area (Å²) in [6.07, 6.45) is 7.95. The van der Waals surface area contributed by atoms with Crippen molar-refractivity contribution >= 4 is 11.3 Å². The van der Waals surface area contributed by atoms with E-state index in [1.165, 1.54) is 42.8 Å². The number of aryl methyl sites for hydroxylation is 1. The van der Waals surface area contributed by atoms with E-state index in [0.717, 1.165) is 24.8 Å². The zero-order chi connectivity index (χ0) is 13.7. The van der Waals surface area contributed by atoms with Gasteiger partial charge < -0.3 is 5.32 Å². The highest BCUT2D eigenvalue weighted by atomic mass is 32.1. The highest BCUT2D eigenvalue weighted by Gasteiger charge is 2.26. The third-order valence-corrected chi connectivity index (χ3v) is 5.12. The summed E-state index contributed by atoms with van der Waals surface area (Å²) in [7, 11) is 0. The maximum absolute atomic E-state index is 4.65. The van der Waals surface area contributed by atoms with Crippen molar-refractivity contribution in [2.45, 2.75) is 65.3 Å². The molecule has 1 N–H and O–H groups in total. The number of rotatable bonds is 6. The average molecular weight is 280 g/mol. The van der Waals surface area contributed by atoms with Crippen LogP contribution in [0.1, 0.15) is 56.7 Å². The number of hydrogen-bond donors (Lipinski definition) is 1. The van der Waals surface area contributed by atoms with Crippen LogP contribution in [-0.4, -0.2) is 17.6 Å². The molecule has 0 radical (unpaired) electrons. The van der Waals surface area contributed by atoms with E-state index in [1.54, 1.807) is 11.3 Å². The van der Waals surface area contributed by atoms with Crippen molar-refractivity contribution in [2.24, 2.45) is 11.8 Å². The van der Waals surface area contributed by atoms with Gasteiger partial charge in [0.2, 0.25) is 0 Å². The van der Waals surface area contributed by atoms with Gasteiger partial charge in [0.15, 0.2) is 0 Å². The van der Waals surface area contributed by atoms with Crippen molar-refractivity contribution in [1.82, 2.24) is 10.3 Å². The molecule has 1 aliphatic rings. The summed E-state index contributed by atoms with van der Waals surface area (Å²) >= 11 is 1.78. The normalized spacial score (nSPS) is 25.4. The van der Waals surface area contributed by atoms with Gasteiger partial charge in [-0.05, 0) is 44.6 Å². The van der Waals surface area contributed by atoms with Crippen molar-refractivity contribution in [1.29, 1.82) is 0 Å². The maximum atomic E-state index is 4.65. The Kier molecular flexibility index (Phi) is 5.83. The van der Waals surface area contributed by atoms with Crippen LogP contribution in [0.15, 0.2) is 5.38 Å². The van der Waals surface area contributed by atoms with E-state index in [1.807, 2.05) is 0 Å².